The fraction of sp³-hybridized carbons (Fsp3) is 0.118. The van der Waals surface area contributed by atoms with Gasteiger partial charge in [-0.3, -0.25) is 4.99 Å². The second-order valence-corrected chi connectivity index (χ2v) is 4.08. The Labute approximate surface area is 119 Å². The van der Waals surface area contributed by atoms with Crippen LogP contribution in [0.3, 0.4) is 0 Å². The molecule has 0 saturated heterocycles. The molecule has 3 nitrogen and oxygen atoms in total. The number of rotatable bonds is 5. The average molecular weight is 267 g/mol. The first-order valence-electron chi connectivity index (χ1n) is 6.31. The van der Waals surface area contributed by atoms with Crippen molar-refractivity contribution in [2.75, 3.05) is 14.2 Å². The summed E-state index contributed by atoms with van der Waals surface area (Å²) < 4.78 is 10.5. The molecule has 0 aliphatic heterocycles. The zero-order chi connectivity index (χ0) is 14.2. The van der Waals surface area contributed by atoms with Crippen molar-refractivity contribution in [1.29, 1.82) is 0 Å². The molecule has 2 aromatic rings. The summed E-state index contributed by atoms with van der Waals surface area (Å²) >= 11 is 0. The van der Waals surface area contributed by atoms with Crippen LogP contribution < -0.4 is 9.47 Å². The number of methoxy groups -OCH3 is 2. The summed E-state index contributed by atoms with van der Waals surface area (Å²) in [5.74, 6) is 1.64. The summed E-state index contributed by atoms with van der Waals surface area (Å²) in [4.78, 5) is 4.28. The lowest BCUT2D eigenvalue weighted by Gasteiger charge is -2.03. The van der Waals surface area contributed by atoms with Crippen LogP contribution >= 0.6 is 0 Å². The monoisotopic (exact) mass is 267 g/mol. The minimum atomic E-state index is 0.807. The number of aliphatic imine (C=N–C) groups is 1. The highest BCUT2D eigenvalue weighted by Crippen LogP contribution is 2.19. The molecule has 102 valence electrons. The van der Waals surface area contributed by atoms with Crippen LogP contribution in [0.5, 0.6) is 11.5 Å². The number of hydrogen-bond donors (Lipinski definition) is 0. The summed E-state index contributed by atoms with van der Waals surface area (Å²) in [5, 5.41) is 0. The largest absolute Gasteiger partial charge is 0.496 e. The normalized spacial score (nSPS) is 11.1. The van der Waals surface area contributed by atoms with E-state index in [4.69, 9.17) is 9.47 Å². The number of ether oxygens (including phenoxy) is 2. The molecule has 0 unspecified atom stereocenters. The number of para-hydroxylation sites is 2. The average Bonchev–Trinajstić information content (AvgIpc) is 2.52. The van der Waals surface area contributed by atoms with Crippen LogP contribution in [-0.4, -0.2) is 20.4 Å². The third kappa shape index (κ3) is 3.48. The Morgan fingerprint density at radius 2 is 1.35 bits per heavy atom. The number of hydrogen-bond acceptors (Lipinski definition) is 3. The van der Waals surface area contributed by atoms with E-state index in [-0.39, 0.29) is 0 Å². The SMILES string of the molecule is COc1ccccc1C=N/C=C/c1ccccc1OC. The van der Waals surface area contributed by atoms with Crippen molar-refractivity contribution in [2.24, 2.45) is 4.99 Å². The van der Waals surface area contributed by atoms with Crippen LogP contribution in [0.15, 0.2) is 59.7 Å². The van der Waals surface area contributed by atoms with Gasteiger partial charge in [0.1, 0.15) is 11.5 Å². The molecule has 2 rings (SSSR count). The molecule has 2 aromatic carbocycles. The molecule has 0 fully saturated rings. The molecule has 0 heterocycles. The molecule has 0 spiro atoms. The molecular weight excluding hydrogens is 250 g/mol. The highest BCUT2D eigenvalue weighted by atomic mass is 16.5. The molecule has 0 saturated carbocycles. The quantitative estimate of drug-likeness (QED) is 0.772. The summed E-state index contributed by atoms with van der Waals surface area (Å²) in [6.45, 7) is 0. The van der Waals surface area contributed by atoms with Gasteiger partial charge in [0, 0.05) is 23.5 Å². The van der Waals surface area contributed by atoms with Gasteiger partial charge in [-0.15, -0.1) is 0 Å². The Morgan fingerprint density at radius 1 is 0.800 bits per heavy atom. The molecule has 3 heteroatoms. The van der Waals surface area contributed by atoms with Gasteiger partial charge >= 0.3 is 0 Å². The Morgan fingerprint density at radius 3 is 2.00 bits per heavy atom. The van der Waals surface area contributed by atoms with Crippen molar-refractivity contribution < 1.29 is 9.47 Å². The first kappa shape index (κ1) is 13.9. The second kappa shape index (κ2) is 7.14. The van der Waals surface area contributed by atoms with Crippen LogP contribution in [0, 0.1) is 0 Å². The van der Waals surface area contributed by atoms with Crippen molar-refractivity contribution in [3.63, 3.8) is 0 Å². The van der Waals surface area contributed by atoms with Gasteiger partial charge in [-0.25, -0.2) is 0 Å². The summed E-state index contributed by atoms with van der Waals surface area (Å²) in [6, 6.07) is 15.6. The van der Waals surface area contributed by atoms with Gasteiger partial charge in [0.15, 0.2) is 0 Å². The molecule has 0 aliphatic rings. The highest BCUT2D eigenvalue weighted by molar-refractivity contribution is 5.84. The van der Waals surface area contributed by atoms with Crippen molar-refractivity contribution in [1.82, 2.24) is 0 Å². The van der Waals surface area contributed by atoms with Gasteiger partial charge in [0.25, 0.3) is 0 Å². The summed E-state index contributed by atoms with van der Waals surface area (Å²) in [6.07, 6.45) is 5.42. The Kier molecular flexibility index (Phi) is 4.95. The summed E-state index contributed by atoms with van der Waals surface area (Å²) in [5.41, 5.74) is 1.94. The van der Waals surface area contributed by atoms with Crippen molar-refractivity contribution >= 4 is 12.3 Å². The fourth-order valence-electron chi connectivity index (χ4n) is 1.82. The van der Waals surface area contributed by atoms with Gasteiger partial charge in [-0.1, -0.05) is 30.3 Å². The van der Waals surface area contributed by atoms with E-state index in [0.29, 0.717) is 0 Å². The molecular formula is C17H17NO2. The first-order chi connectivity index (χ1) is 9.85. The van der Waals surface area contributed by atoms with E-state index in [2.05, 4.69) is 4.99 Å². The number of nitrogens with zero attached hydrogens (tertiary/aromatic N) is 1. The van der Waals surface area contributed by atoms with Crippen LogP contribution in [0.2, 0.25) is 0 Å². The fourth-order valence-corrected chi connectivity index (χ4v) is 1.82. The second-order valence-electron chi connectivity index (χ2n) is 4.08. The van der Waals surface area contributed by atoms with E-state index < -0.39 is 0 Å². The lowest BCUT2D eigenvalue weighted by atomic mass is 10.2. The maximum atomic E-state index is 5.27. The van der Waals surface area contributed by atoms with Crippen LogP contribution in [0.1, 0.15) is 11.1 Å². The van der Waals surface area contributed by atoms with E-state index >= 15 is 0 Å². The molecule has 0 radical (unpaired) electrons. The maximum Gasteiger partial charge on any atom is 0.127 e. The van der Waals surface area contributed by atoms with Gasteiger partial charge in [-0.05, 0) is 24.3 Å². The molecule has 0 bridgehead atoms. The Bertz CT molecular complexity index is 562. The van der Waals surface area contributed by atoms with E-state index in [9.17, 15) is 0 Å². The van der Waals surface area contributed by atoms with Gasteiger partial charge < -0.3 is 9.47 Å². The third-order valence-electron chi connectivity index (χ3n) is 2.83. The van der Waals surface area contributed by atoms with E-state index in [1.165, 1.54) is 0 Å². The van der Waals surface area contributed by atoms with Crippen molar-refractivity contribution in [3.8, 4) is 11.5 Å². The van der Waals surface area contributed by atoms with Crippen LogP contribution in [0.25, 0.3) is 6.08 Å². The third-order valence-corrected chi connectivity index (χ3v) is 2.83. The standard InChI is InChI=1S/C17H17NO2/c1-19-16-9-5-3-7-14(16)11-12-18-13-15-8-4-6-10-17(15)20-2/h3-13H,1-2H3/b12-11+,18-13?. The van der Waals surface area contributed by atoms with Crippen molar-refractivity contribution in [3.05, 3.63) is 65.9 Å². The van der Waals surface area contributed by atoms with Gasteiger partial charge in [0.05, 0.1) is 14.2 Å². The lowest BCUT2D eigenvalue weighted by molar-refractivity contribution is 0.414. The van der Waals surface area contributed by atoms with Crippen LogP contribution in [0.4, 0.5) is 0 Å². The molecule has 0 atom stereocenters. The molecule has 0 amide bonds. The van der Waals surface area contributed by atoms with E-state index in [1.807, 2.05) is 54.6 Å². The van der Waals surface area contributed by atoms with E-state index in [1.54, 1.807) is 26.6 Å². The lowest BCUT2D eigenvalue weighted by Crippen LogP contribution is -1.89. The summed E-state index contributed by atoms with van der Waals surface area (Å²) in [7, 11) is 3.31. The first-order valence-corrected chi connectivity index (χ1v) is 6.31. The maximum absolute atomic E-state index is 5.27. The predicted molar refractivity (Wildman–Crippen MR) is 82.6 cm³/mol. The van der Waals surface area contributed by atoms with Crippen LogP contribution in [-0.2, 0) is 0 Å². The van der Waals surface area contributed by atoms with E-state index in [0.717, 1.165) is 22.6 Å². The molecule has 0 aliphatic carbocycles. The smallest absolute Gasteiger partial charge is 0.127 e. The van der Waals surface area contributed by atoms with Gasteiger partial charge in [-0.2, -0.15) is 0 Å². The molecule has 20 heavy (non-hydrogen) atoms. The zero-order valence-corrected chi connectivity index (χ0v) is 11.6. The predicted octanol–water partition coefficient (Wildman–Crippen LogP) is 3.79. The Hall–Kier alpha value is -2.55. The zero-order valence-electron chi connectivity index (χ0n) is 11.6. The topological polar surface area (TPSA) is 30.8 Å². The minimum absolute atomic E-state index is 0.807. The minimum Gasteiger partial charge on any atom is -0.496 e. The van der Waals surface area contributed by atoms with Crippen molar-refractivity contribution in [2.45, 2.75) is 0 Å². The Balaban J connectivity index is 2.11. The molecule has 0 N–H and O–H groups in total. The van der Waals surface area contributed by atoms with Gasteiger partial charge in [0.2, 0.25) is 0 Å². The number of benzene rings is 2. The highest BCUT2D eigenvalue weighted by Gasteiger charge is 1.97. The molecule has 0 aromatic heterocycles.